The molecule has 2 heterocycles. The molecular formula is C22H27N3O. The third-order valence-electron chi connectivity index (χ3n) is 5.51. The summed E-state index contributed by atoms with van der Waals surface area (Å²) in [6, 6.07) is 19.3. The van der Waals surface area contributed by atoms with Crippen molar-refractivity contribution in [1.82, 2.24) is 14.7 Å². The molecule has 0 saturated carbocycles. The third-order valence-corrected chi connectivity index (χ3v) is 5.51. The van der Waals surface area contributed by atoms with Gasteiger partial charge < -0.3 is 9.80 Å². The number of hydrogen-bond donors (Lipinski definition) is 0. The lowest BCUT2D eigenvalue weighted by Crippen LogP contribution is -2.46. The van der Waals surface area contributed by atoms with E-state index < -0.39 is 0 Å². The molecule has 0 bridgehead atoms. The summed E-state index contributed by atoms with van der Waals surface area (Å²) in [5.41, 5.74) is 4.04. The van der Waals surface area contributed by atoms with E-state index in [4.69, 9.17) is 0 Å². The Kier molecular flexibility index (Phi) is 5.21. The molecule has 0 spiro atoms. The quantitative estimate of drug-likeness (QED) is 0.831. The van der Waals surface area contributed by atoms with Gasteiger partial charge in [-0.1, -0.05) is 54.6 Å². The van der Waals surface area contributed by atoms with Crippen molar-refractivity contribution in [2.75, 3.05) is 32.7 Å². The van der Waals surface area contributed by atoms with Crippen LogP contribution in [0.15, 0.2) is 54.6 Å². The number of carbonyl (C=O) groups excluding carboxylic acids is 1. The van der Waals surface area contributed by atoms with Crippen molar-refractivity contribution in [3.63, 3.8) is 0 Å². The fourth-order valence-corrected chi connectivity index (χ4v) is 4.02. The molecular weight excluding hydrogens is 322 g/mol. The Bertz CT molecular complexity index is 746. The maximum atomic E-state index is 13.0. The van der Waals surface area contributed by atoms with Gasteiger partial charge in [0.05, 0.1) is 0 Å². The molecule has 0 aromatic heterocycles. The summed E-state index contributed by atoms with van der Waals surface area (Å²) in [7, 11) is 0. The van der Waals surface area contributed by atoms with Crippen LogP contribution in [0.2, 0.25) is 0 Å². The minimum atomic E-state index is 0.209. The Morgan fingerprint density at radius 3 is 2.38 bits per heavy atom. The van der Waals surface area contributed by atoms with E-state index in [1.807, 2.05) is 4.90 Å². The fourth-order valence-electron chi connectivity index (χ4n) is 4.02. The second kappa shape index (κ2) is 7.92. The van der Waals surface area contributed by atoms with Crippen molar-refractivity contribution >= 4 is 6.03 Å². The van der Waals surface area contributed by atoms with Crippen LogP contribution >= 0.6 is 0 Å². The summed E-state index contributed by atoms with van der Waals surface area (Å²) in [6.07, 6.45) is 2.01. The van der Waals surface area contributed by atoms with Crippen LogP contribution in [0.1, 0.15) is 23.1 Å². The molecule has 0 N–H and O–H groups in total. The highest BCUT2D eigenvalue weighted by Gasteiger charge is 2.26. The Morgan fingerprint density at radius 1 is 0.769 bits per heavy atom. The van der Waals surface area contributed by atoms with E-state index in [0.29, 0.717) is 0 Å². The molecule has 1 saturated heterocycles. The number of amides is 2. The van der Waals surface area contributed by atoms with Gasteiger partial charge in [0.2, 0.25) is 0 Å². The highest BCUT2D eigenvalue weighted by molar-refractivity contribution is 5.75. The SMILES string of the molecule is O=C(N1CCCN(Cc2ccccc2)CC1)N1CCc2ccccc2C1. The topological polar surface area (TPSA) is 26.8 Å². The number of rotatable bonds is 2. The van der Waals surface area contributed by atoms with Crippen molar-refractivity contribution in [3.8, 4) is 0 Å². The van der Waals surface area contributed by atoms with Crippen LogP contribution < -0.4 is 0 Å². The normalized spacial score (nSPS) is 18.3. The molecule has 4 rings (SSSR count). The van der Waals surface area contributed by atoms with Crippen molar-refractivity contribution < 1.29 is 4.79 Å². The van der Waals surface area contributed by atoms with Gasteiger partial charge in [-0.15, -0.1) is 0 Å². The maximum absolute atomic E-state index is 13.0. The predicted octanol–water partition coefficient (Wildman–Crippen LogP) is 3.37. The van der Waals surface area contributed by atoms with Crippen molar-refractivity contribution in [1.29, 1.82) is 0 Å². The molecule has 4 nitrogen and oxygen atoms in total. The van der Waals surface area contributed by atoms with Gasteiger partial charge in [0.25, 0.3) is 0 Å². The van der Waals surface area contributed by atoms with Crippen LogP contribution in [-0.4, -0.2) is 53.5 Å². The molecule has 1 fully saturated rings. The Labute approximate surface area is 156 Å². The maximum Gasteiger partial charge on any atom is 0.320 e. The summed E-state index contributed by atoms with van der Waals surface area (Å²) < 4.78 is 0. The van der Waals surface area contributed by atoms with E-state index in [2.05, 4.69) is 64.4 Å². The average Bonchev–Trinajstić information content (AvgIpc) is 2.93. The zero-order chi connectivity index (χ0) is 17.8. The molecule has 2 aromatic carbocycles. The Hall–Kier alpha value is -2.33. The largest absolute Gasteiger partial charge is 0.323 e. The molecule has 4 heteroatoms. The monoisotopic (exact) mass is 349 g/mol. The van der Waals surface area contributed by atoms with Gasteiger partial charge in [0, 0.05) is 45.8 Å². The van der Waals surface area contributed by atoms with Crippen molar-refractivity contribution in [2.24, 2.45) is 0 Å². The number of fused-ring (bicyclic) bond motifs is 1. The van der Waals surface area contributed by atoms with Gasteiger partial charge in [0.1, 0.15) is 0 Å². The van der Waals surface area contributed by atoms with Crippen LogP contribution in [0.4, 0.5) is 4.79 Å². The molecule has 2 amide bonds. The predicted molar refractivity (Wildman–Crippen MR) is 104 cm³/mol. The number of urea groups is 1. The zero-order valence-electron chi connectivity index (χ0n) is 15.3. The van der Waals surface area contributed by atoms with E-state index in [0.717, 1.165) is 58.7 Å². The average molecular weight is 349 g/mol. The first kappa shape index (κ1) is 17.1. The van der Waals surface area contributed by atoms with E-state index in [-0.39, 0.29) is 6.03 Å². The molecule has 2 aliphatic heterocycles. The zero-order valence-corrected chi connectivity index (χ0v) is 15.3. The molecule has 2 aromatic rings. The molecule has 26 heavy (non-hydrogen) atoms. The lowest BCUT2D eigenvalue weighted by Gasteiger charge is -2.33. The van der Waals surface area contributed by atoms with Gasteiger partial charge in [-0.05, 0) is 29.5 Å². The number of nitrogens with zero attached hydrogens (tertiary/aromatic N) is 3. The fraction of sp³-hybridized carbons (Fsp3) is 0.409. The smallest absolute Gasteiger partial charge is 0.320 e. The molecule has 0 aliphatic carbocycles. The summed E-state index contributed by atoms with van der Waals surface area (Å²) in [4.78, 5) is 19.6. The summed E-state index contributed by atoms with van der Waals surface area (Å²) >= 11 is 0. The van der Waals surface area contributed by atoms with Crippen LogP contribution in [0.25, 0.3) is 0 Å². The Balaban J connectivity index is 1.35. The van der Waals surface area contributed by atoms with Gasteiger partial charge >= 0.3 is 6.03 Å². The second-order valence-electron chi connectivity index (χ2n) is 7.33. The van der Waals surface area contributed by atoms with E-state index in [9.17, 15) is 4.79 Å². The van der Waals surface area contributed by atoms with E-state index in [1.165, 1.54) is 16.7 Å². The van der Waals surface area contributed by atoms with Crippen LogP contribution in [0, 0.1) is 0 Å². The summed E-state index contributed by atoms with van der Waals surface area (Å²) in [6.45, 7) is 6.25. The number of carbonyl (C=O) groups is 1. The lowest BCUT2D eigenvalue weighted by atomic mass is 10.0. The Morgan fingerprint density at radius 2 is 1.54 bits per heavy atom. The van der Waals surface area contributed by atoms with Crippen LogP contribution in [0.3, 0.4) is 0 Å². The molecule has 136 valence electrons. The number of hydrogen-bond acceptors (Lipinski definition) is 2. The second-order valence-corrected chi connectivity index (χ2v) is 7.33. The van der Waals surface area contributed by atoms with Gasteiger partial charge in [-0.3, -0.25) is 4.90 Å². The molecule has 0 atom stereocenters. The minimum Gasteiger partial charge on any atom is -0.323 e. The molecule has 0 unspecified atom stereocenters. The lowest BCUT2D eigenvalue weighted by molar-refractivity contribution is 0.148. The standard InChI is InChI=1S/C22H27N3O/c26-22(25-14-11-20-9-4-5-10-21(20)18-25)24-13-6-12-23(15-16-24)17-19-7-2-1-3-8-19/h1-5,7-10H,6,11-18H2. The molecule has 2 aliphatic rings. The highest BCUT2D eigenvalue weighted by atomic mass is 16.2. The van der Waals surface area contributed by atoms with Gasteiger partial charge in [-0.2, -0.15) is 0 Å². The van der Waals surface area contributed by atoms with Crippen LogP contribution in [0.5, 0.6) is 0 Å². The third kappa shape index (κ3) is 3.91. The summed E-state index contributed by atoms with van der Waals surface area (Å²) in [5, 5.41) is 0. The van der Waals surface area contributed by atoms with Crippen molar-refractivity contribution in [3.05, 3.63) is 71.3 Å². The van der Waals surface area contributed by atoms with Crippen LogP contribution in [-0.2, 0) is 19.5 Å². The first-order valence-corrected chi connectivity index (χ1v) is 9.66. The first-order chi connectivity index (χ1) is 12.8. The molecule has 0 radical (unpaired) electrons. The van der Waals surface area contributed by atoms with Gasteiger partial charge in [-0.25, -0.2) is 4.79 Å². The van der Waals surface area contributed by atoms with E-state index >= 15 is 0 Å². The van der Waals surface area contributed by atoms with Crippen molar-refractivity contribution in [2.45, 2.75) is 25.9 Å². The van der Waals surface area contributed by atoms with Gasteiger partial charge in [0.15, 0.2) is 0 Å². The minimum absolute atomic E-state index is 0.209. The summed E-state index contributed by atoms with van der Waals surface area (Å²) in [5.74, 6) is 0. The first-order valence-electron chi connectivity index (χ1n) is 9.66. The van der Waals surface area contributed by atoms with E-state index in [1.54, 1.807) is 0 Å². The number of benzene rings is 2. The highest BCUT2D eigenvalue weighted by Crippen LogP contribution is 2.20.